The van der Waals surface area contributed by atoms with E-state index in [2.05, 4.69) is 5.32 Å². The van der Waals surface area contributed by atoms with Gasteiger partial charge in [0.15, 0.2) is 0 Å². The van der Waals surface area contributed by atoms with Crippen LogP contribution in [0.25, 0.3) is 0 Å². The van der Waals surface area contributed by atoms with Crippen molar-refractivity contribution in [1.29, 1.82) is 0 Å². The number of benzene rings is 4. The summed E-state index contributed by atoms with van der Waals surface area (Å²) in [4.78, 5) is 29.5. The van der Waals surface area contributed by atoms with E-state index in [1.807, 2.05) is 43.3 Å². The Bertz CT molecular complexity index is 1680. The third-order valence-electron chi connectivity index (χ3n) is 7.17. The Hall–Kier alpha value is -4.34. The van der Waals surface area contributed by atoms with Gasteiger partial charge < -0.3 is 15.0 Å². The third kappa shape index (κ3) is 7.98. The first-order valence-electron chi connectivity index (χ1n) is 14.2. The lowest BCUT2D eigenvalue weighted by atomic mass is 10.0. The highest BCUT2D eigenvalue weighted by molar-refractivity contribution is 7.92. The summed E-state index contributed by atoms with van der Waals surface area (Å²) in [5.74, 6) is -0.282. The second-order valence-corrected chi connectivity index (χ2v) is 12.5. The fourth-order valence-corrected chi connectivity index (χ4v) is 6.51. The van der Waals surface area contributed by atoms with Gasteiger partial charge in [0, 0.05) is 24.5 Å². The van der Waals surface area contributed by atoms with Crippen LogP contribution in [0.5, 0.6) is 5.75 Å². The Kier molecular flexibility index (Phi) is 11.0. The van der Waals surface area contributed by atoms with Crippen LogP contribution >= 0.6 is 11.6 Å². The summed E-state index contributed by atoms with van der Waals surface area (Å²) >= 11 is 6.05. The maximum atomic E-state index is 14.5. The van der Waals surface area contributed by atoms with E-state index >= 15 is 0 Å². The molecule has 0 aliphatic heterocycles. The molecule has 1 atom stereocenters. The van der Waals surface area contributed by atoms with Crippen LogP contribution in [0.4, 0.5) is 5.69 Å². The van der Waals surface area contributed by atoms with Crippen LogP contribution in [0.2, 0.25) is 5.02 Å². The molecule has 10 heteroatoms. The molecule has 8 nitrogen and oxygen atoms in total. The highest BCUT2D eigenvalue weighted by atomic mass is 35.5. The average molecular weight is 634 g/mol. The van der Waals surface area contributed by atoms with Crippen LogP contribution in [-0.4, -0.2) is 51.4 Å². The first-order valence-corrected chi connectivity index (χ1v) is 16.0. The van der Waals surface area contributed by atoms with Gasteiger partial charge in [-0.3, -0.25) is 13.9 Å². The minimum atomic E-state index is -4.21. The number of hydrogen-bond donors (Lipinski definition) is 1. The molecule has 0 bridgehead atoms. The Labute approximate surface area is 264 Å². The van der Waals surface area contributed by atoms with Crippen LogP contribution in [0.1, 0.15) is 23.6 Å². The quantitative estimate of drug-likeness (QED) is 0.206. The van der Waals surface area contributed by atoms with Gasteiger partial charge in [-0.05, 0) is 73.0 Å². The molecule has 0 aliphatic rings. The van der Waals surface area contributed by atoms with E-state index in [1.54, 1.807) is 56.5 Å². The molecule has 0 unspecified atom stereocenters. The van der Waals surface area contributed by atoms with Crippen LogP contribution in [-0.2, 0) is 32.6 Å². The topological polar surface area (TPSA) is 96.0 Å². The molecule has 4 rings (SSSR count). The van der Waals surface area contributed by atoms with Gasteiger partial charge in [0.1, 0.15) is 18.3 Å². The number of aryl methyl sites for hydroxylation is 1. The van der Waals surface area contributed by atoms with Gasteiger partial charge >= 0.3 is 0 Å². The van der Waals surface area contributed by atoms with Crippen molar-refractivity contribution >= 4 is 39.1 Å². The number of halogens is 1. The molecule has 0 radical (unpaired) electrons. The van der Waals surface area contributed by atoms with Crippen molar-refractivity contribution in [1.82, 2.24) is 10.2 Å². The van der Waals surface area contributed by atoms with Crippen molar-refractivity contribution in [3.8, 4) is 5.75 Å². The first kappa shape index (κ1) is 32.6. The number of methoxy groups -OCH3 is 1. The third-order valence-corrected chi connectivity index (χ3v) is 9.20. The summed E-state index contributed by atoms with van der Waals surface area (Å²) in [6.07, 6.45) is 0.233. The van der Waals surface area contributed by atoms with Gasteiger partial charge in [0.25, 0.3) is 10.0 Å². The summed E-state index contributed by atoms with van der Waals surface area (Å²) in [6.45, 7) is 3.47. The number of carbonyl (C=O) groups excluding carboxylic acids is 2. The van der Waals surface area contributed by atoms with Gasteiger partial charge in [-0.1, -0.05) is 72.3 Å². The molecule has 44 heavy (non-hydrogen) atoms. The van der Waals surface area contributed by atoms with Crippen LogP contribution in [0.15, 0.2) is 108 Å². The molecule has 0 fully saturated rings. The number of nitrogens with zero attached hydrogens (tertiary/aromatic N) is 2. The fraction of sp³-hybridized carbons (Fsp3) is 0.235. The SMILES string of the molecule is CCNC(=O)[C@H](Cc1ccccc1)N(Cc1cccc(OC)c1)C(=O)CN(c1ccccc1C)S(=O)(=O)c1ccc(Cl)cc1. The lowest BCUT2D eigenvalue weighted by Gasteiger charge is -2.34. The predicted molar refractivity (Wildman–Crippen MR) is 173 cm³/mol. The van der Waals surface area contributed by atoms with E-state index in [-0.39, 0.29) is 23.8 Å². The van der Waals surface area contributed by atoms with Crippen LogP contribution < -0.4 is 14.4 Å². The maximum Gasteiger partial charge on any atom is 0.264 e. The minimum absolute atomic E-state index is 0.0122. The molecule has 0 aromatic heterocycles. The van der Waals surface area contributed by atoms with Gasteiger partial charge in [-0.25, -0.2) is 8.42 Å². The number of ether oxygens (including phenoxy) is 1. The first-order chi connectivity index (χ1) is 21.1. The highest BCUT2D eigenvalue weighted by Crippen LogP contribution is 2.28. The number of para-hydroxylation sites is 1. The number of amides is 2. The average Bonchev–Trinajstić information content (AvgIpc) is 3.02. The Balaban J connectivity index is 1.81. The zero-order valence-electron chi connectivity index (χ0n) is 24.9. The molecule has 0 heterocycles. The second-order valence-electron chi connectivity index (χ2n) is 10.2. The van der Waals surface area contributed by atoms with Gasteiger partial charge in [-0.15, -0.1) is 0 Å². The molecule has 4 aromatic rings. The summed E-state index contributed by atoms with van der Waals surface area (Å²) < 4.78 is 34.7. The molecule has 0 saturated carbocycles. The van der Waals surface area contributed by atoms with E-state index in [9.17, 15) is 18.0 Å². The molecule has 0 saturated heterocycles. The van der Waals surface area contributed by atoms with E-state index < -0.39 is 28.5 Å². The molecule has 1 N–H and O–H groups in total. The molecule has 0 aliphatic carbocycles. The van der Waals surface area contributed by atoms with Crippen molar-refractivity contribution in [3.63, 3.8) is 0 Å². The standard InChI is InChI=1S/C34H36ClN3O5S/c1-4-36-34(40)32(22-26-12-6-5-7-13-26)37(23-27-14-10-15-29(21-27)43-3)33(39)24-38(31-16-9-8-11-25(31)2)44(41,42)30-19-17-28(35)18-20-30/h5-21,32H,4,22-24H2,1-3H3,(H,36,40)/t32-/m0/s1. The fourth-order valence-electron chi connectivity index (χ4n) is 4.90. The lowest BCUT2D eigenvalue weighted by molar-refractivity contribution is -0.140. The van der Waals surface area contributed by atoms with Crippen molar-refractivity contribution in [3.05, 3.63) is 125 Å². The normalized spacial score (nSPS) is 11.8. The number of carbonyl (C=O) groups is 2. The molecular formula is C34H36ClN3O5S. The molecular weight excluding hydrogens is 598 g/mol. The Morgan fingerprint density at radius 1 is 0.886 bits per heavy atom. The van der Waals surface area contributed by atoms with E-state index in [0.717, 1.165) is 15.4 Å². The number of nitrogens with one attached hydrogen (secondary N) is 1. The zero-order chi connectivity index (χ0) is 31.7. The van der Waals surface area contributed by atoms with E-state index in [4.69, 9.17) is 16.3 Å². The predicted octanol–water partition coefficient (Wildman–Crippen LogP) is 5.63. The molecule has 230 valence electrons. The van der Waals surface area contributed by atoms with Gasteiger partial charge in [0.2, 0.25) is 11.8 Å². The number of hydrogen-bond acceptors (Lipinski definition) is 5. The molecule has 4 aromatic carbocycles. The van der Waals surface area contributed by atoms with Crippen LogP contribution in [0, 0.1) is 6.92 Å². The number of anilines is 1. The Morgan fingerprint density at radius 3 is 2.20 bits per heavy atom. The summed E-state index contributed by atoms with van der Waals surface area (Å²) in [7, 11) is -2.66. The van der Waals surface area contributed by atoms with Gasteiger partial charge in [0.05, 0.1) is 17.7 Å². The number of likely N-dealkylation sites (N-methyl/N-ethyl adjacent to an activating group) is 1. The van der Waals surface area contributed by atoms with Crippen LogP contribution in [0.3, 0.4) is 0 Å². The molecule has 0 spiro atoms. The summed E-state index contributed by atoms with van der Waals surface area (Å²) in [5, 5.41) is 3.25. The van der Waals surface area contributed by atoms with Crippen molar-refractivity contribution in [2.24, 2.45) is 0 Å². The summed E-state index contributed by atoms with van der Waals surface area (Å²) in [6, 6.07) is 28.5. The monoisotopic (exact) mass is 633 g/mol. The smallest absolute Gasteiger partial charge is 0.264 e. The largest absolute Gasteiger partial charge is 0.497 e. The zero-order valence-corrected chi connectivity index (χ0v) is 26.5. The number of rotatable bonds is 13. The second kappa shape index (κ2) is 14.9. The van der Waals surface area contributed by atoms with Gasteiger partial charge in [-0.2, -0.15) is 0 Å². The lowest BCUT2D eigenvalue weighted by Crippen LogP contribution is -2.53. The minimum Gasteiger partial charge on any atom is -0.497 e. The molecule has 2 amide bonds. The van der Waals surface area contributed by atoms with E-state index in [0.29, 0.717) is 28.6 Å². The van der Waals surface area contributed by atoms with E-state index in [1.165, 1.54) is 29.2 Å². The van der Waals surface area contributed by atoms with Crippen molar-refractivity contribution in [2.75, 3.05) is 24.5 Å². The van der Waals surface area contributed by atoms with Crippen molar-refractivity contribution < 1.29 is 22.7 Å². The maximum absolute atomic E-state index is 14.5. The summed E-state index contributed by atoms with van der Waals surface area (Å²) in [5.41, 5.74) is 2.61. The number of sulfonamides is 1. The Morgan fingerprint density at radius 2 is 1.55 bits per heavy atom. The highest BCUT2D eigenvalue weighted by Gasteiger charge is 2.35. The van der Waals surface area contributed by atoms with Crippen molar-refractivity contribution in [2.45, 2.75) is 37.8 Å².